The van der Waals surface area contributed by atoms with Crippen molar-refractivity contribution in [3.63, 3.8) is 0 Å². The van der Waals surface area contributed by atoms with Crippen LogP contribution in [0.5, 0.6) is 0 Å². The average Bonchev–Trinajstić information content (AvgIpc) is 3.31. The Balaban J connectivity index is 1.45. The number of oxazole rings is 1. The molecule has 1 aliphatic carbocycles. The van der Waals surface area contributed by atoms with E-state index in [2.05, 4.69) is 25.9 Å². The zero-order valence-corrected chi connectivity index (χ0v) is 15.5. The van der Waals surface area contributed by atoms with Gasteiger partial charge in [0.25, 0.3) is 0 Å². The van der Waals surface area contributed by atoms with Crippen LogP contribution >= 0.6 is 0 Å². The van der Waals surface area contributed by atoms with Gasteiger partial charge in [-0.2, -0.15) is 4.98 Å². The Bertz CT molecular complexity index is 992. The first-order valence-corrected chi connectivity index (χ1v) is 9.76. The Morgan fingerprint density at radius 2 is 2.07 bits per heavy atom. The molecule has 2 aromatic rings. The van der Waals surface area contributed by atoms with Crippen LogP contribution in [-0.2, 0) is 0 Å². The Hall–Kier alpha value is -2.71. The first kappa shape index (κ1) is 17.4. The molecule has 0 saturated carbocycles. The van der Waals surface area contributed by atoms with Crippen molar-refractivity contribution in [3.05, 3.63) is 47.9 Å². The second kappa shape index (κ2) is 7.37. The molecule has 7 nitrogen and oxygen atoms in total. The molecule has 1 unspecified atom stereocenters. The summed E-state index contributed by atoms with van der Waals surface area (Å²) in [6.07, 6.45) is 13.6. The average molecular weight is 382 g/mol. The van der Waals surface area contributed by atoms with Crippen molar-refractivity contribution >= 4 is 23.3 Å². The Labute approximate surface area is 162 Å². The fourth-order valence-corrected chi connectivity index (χ4v) is 3.96. The minimum absolute atomic E-state index is 0.0958. The predicted octanol–water partition coefficient (Wildman–Crippen LogP) is 2.60. The van der Waals surface area contributed by atoms with Gasteiger partial charge in [-0.25, -0.2) is 4.39 Å². The second-order valence-corrected chi connectivity index (χ2v) is 7.29. The van der Waals surface area contributed by atoms with E-state index in [-0.39, 0.29) is 12.1 Å². The van der Waals surface area contributed by atoms with E-state index in [1.54, 1.807) is 6.26 Å². The molecule has 1 fully saturated rings. The summed E-state index contributed by atoms with van der Waals surface area (Å²) in [5.41, 5.74) is 3.65. The number of rotatable bonds is 4. The Morgan fingerprint density at radius 3 is 2.89 bits per heavy atom. The maximum Gasteiger partial charge on any atom is 0.306 e. The van der Waals surface area contributed by atoms with Crippen LogP contribution in [0.3, 0.4) is 0 Å². The predicted molar refractivity (Wildman–Crippen MR) is 106 cm³/mol. The molecule has 2 aliphatic heterocycles. The number of fused-ring (bicyclic) bond motifs is 1. The molecule has 0 bridgehead atoms. The van der Waals surface area contributed by atoms with Crippen LogP contribution in [0.4, 0.5) is 4.39 Å². The number of imidazole rings is 1. The number of aliphatic imine (C=N–C) groups is 1. The van der Waals surface area contributed by atoms with E-state index in [9.17, 15) is 4.39 Å². The molecular formula is C20H23FN6O. The summed E-state index contributed by atoms with van der Waals surface area (Å²) >= 11 is 0. The van der Waals surface area contributed by atoms with Crippen LogP contribution in [0, 0.1) is 0 Å². The molecule has 1 atom stereocenters. The van der Waals surface area contributed by atoms with E-state index >= 15 is 0 Å². The minimum atomic E-state index is -0.189. The molecule has 0 aromatic carbocycles. The molecule has 0 spiro atoms. The van der Waals surface area contributed by atoms with Gasteiger partial charge in [0.2, 0.25) is 0 Å². The topological polar surface area (TPSA) is 78.9 Å². The van der Waals surface area contributed by atoms with Gasteiger partial charge in [0, 0.05) is 24.9 Å². The van der Waals surface area contributed by atoms with Crippen molar-refractivity contribution in [2.45, 2.75) is 38.0 Å². The van der Waals surface area contributed by atoms with Crippen molar-refractivity contribution in [2.75, 3.05) is 13.1 Å². The van der Waals surface area contributed by atoms with Gasteiger partial charge in [0.1, 0.15) is 12.1 Å². The van der Waals surface area contributed by atoms with Crippen LogP contribution in [0.15, 0.2) is 45.9 Å². The molecule has 2 aromatic heterocycles. The number of piperidine rings is 1. The van der Waals surface area contributed by atoms with Gasteiger partial charge < -0.3 is 15.1 Å². The molecule has 3 N–H and O–H groups in total. The lowest BCUT2D eigenvalue weighted by molar-refractivity contribution is 0.339. The minimum Gasteiger partial charge on any atom is -0.432 e. The van der Waals surface area contributed by atoms with E-state index in [4.69, 9.17) is 4.42 Å². The van der Waals surface area contributed by atoms with Gasteiger partial charge in [-0.05, 0) is 50.1 Å². The highest BCUT2D eigenvalue weighted by atomic mass is 19.1. The number of hydrogen-bond donors (Lipinski definition) is 3. The highest BCUT2D eigenvalue weighted by molar-refractivity contribution is 5.88. The monoisotopic (exact) mass is 382 g/mol. The van der Waals surface area contributed by atoms with Gasteiger partial charge in [-0.1, -0.05) is 6.08 Å². The maximum absolute atomic E-state index is 13.5. The summed E-state index contributed by atoms with van der Waals surface area (Å²) < 4.78 is 20.9. The van der Waals surface area contributed by atoms with Crippen molar-refractivity contribution < 1.29 is 8.81 Å². The third-order valence-electron chi connectivity index (χ3n) is 5.42. The molecule has 0 amide bonds. The summed E-state index contributed by atoms with van der Waals surface area (Å²) in [6.45, 7) is 2.05. The Morgan fingerprint density at radius 1 is 1.18 bits per heavy atom. The van der Waals surface area contributed by atoms with E-state index in [1.165, 1.54) is 6.08 Å². The third-order valence-corrected chi connectivity index (χ3v) is 5.42. The lowest BCUT2D eigenvalue weighted by atomic mass is 9.99. The van der Waals surface area contributed by atoms with Gasteiger partial charge in [-0.15, -0.1) is 0 Å². The molecule has 3 aliphatic rings. The normalized spacial score (nSPS) is 23.3. The van der Waals surface area contributed by atoms with Crippen LogP contribution in [0.25, 0.3) is 17.1 Å². The van der Waals surface area contributed by atoms with Gasteiger partial charge in [0.05, 0.1) is 17.1 Å². The number of nitrogens with one attached hydrogen (secondary N) is 3. The summed E-state index contributed by atoms with van der Waals surface area (Å²) in [7, 11) is 0. The van der Waals surface area contributed by atoms with Gasteiger partial charge in [-0.3, -0.25) is 14.7 Å². The first-order valence-electron chi connectivity index (χ1n) is 9.76. The van der Waals surface area contributed by atoms with Crippen molar-refractivity contribution in [3.8, 4) is 0 Å². The van der Waals surface area contributed by atoms with Crippen LogP contribution in [-0.4, -0.2) is 41.0 Å². The van der Waals surface area contributed by atoms with E-state index in [0.717, 1.165) is 48.6 Å². The van der Waals surface area contributed by atoms with E-state index in [0.29, 0.717) is 24.7 Å². The van der Waals surface area contributed by atoms with Crippen molar-refractivity contribution in [1.82, 2.24) is 25.3 Å². The van der Waals surface area contributed by atoms with E-state index < -0.39 is 0 Å². The smallest absolute Gasteiger partial charge is 0.306 e. The molecule has 146 valence electrons. The van der Waals surface area contributed by atoms with Crippen molar-refractivity contribution in [2.24, 2.45) is 4.99 Å². The molecular weight excluding hydrogens is 359 g/mol. The lowest BCUT2D eigenvalue weighted by Crippen LogP contribution is -2.50. The highest BCUT2D eigenvalue weighted by Crippen LogP contribution is 2.32. The SMILES string of the molecule is FC1=CC=C(c2nc3occn3c2C2=CC=NC(NC3CCNCC3)N2)CC1. The summed E-state index contributed by atoms with van der Waals surface area (Å²) in [5, 5.41) is 10.4. The quantitative estimate of drug-likeness (QED) is 0.758. The second-order valence-electron chi connectivity index (χ2n) is 7.29. The fourth-order valence-electron chi connectivity index (χ4n) is 3.96. The molecule has 1 saturated heterocycles. The zero-order valence-electron chi connectivity index (χ0n) is 15.5. The summed E-state index contributed by atoms with van der Waals surface area (Å²) in [5.74, 6) is 0.426. The molecule has 5 rings (SSSR count). The zero-order chi connectivity index (χ0) is 18.9. The first-order chi connectivity index (χ1) is 13.8. The molecule has 4 heterocycles. The van der Waals surface area contributed by atoms with Crippen LogP contribution in [0.2, 0.25) is 0 Å². The van der Waals surface area contributed by atoms with Crippen LogP contribution < -0.4 is 16.0 Å². The molecule has 28 heavy (non-hydrogen) atoms. The van der Waals surface area contributed by atoms with Gasteiger partial charge >= 0.3 is 5.84 Å². The molecule has 8 heteroatoms. The summed E-state index contributed by atoms with van der Waals surface area (Å²) in [4.78, 5) is 9.19. The van der Waals surface area contributed by atoms with Crippen molar-refractivity contribution in [1.29, 1.82) is 0 Å². The largest absolute Gasteiger partial charge is 0.432 e. The molecule has 0 radical (unpaired) electrons. The third kappa shape index (κ3) is 3.29. The van der Waals surface area contributed by atoms with Gasteiger partial charge in [0.15, 0.2) is 6.29 Å². The standard InChI is InChI=1S/C20H23FN6O/c21-14-3-1-13(2-4-14)17-18(27-11-12-28-20(27)26-17)16-7-10-23-19(25-16)24-15-5-8-22-9-6-15/h1,3,7,10-12,15,19,22,24-25H,2,4-6,8-9H2. The number of hydrogen-bond acceptors (Lipinski definition) is 6. The maximum atomic E-state index is 13.5. The Kier molecular flexibility index (Phi) is 4.58. The van der Waals surface area contributed by atoms with E-state index in [1.807, 2.05) is 29.0 Å². The van der Waals surface area contributed by atoms with Crippen LogP contribution in [0.1, 0.15) is 37.1 Å². The summed E-state index contributed by atoms with van der Waals surface area (Å²) in [6, 6.07) is 0.434. The highest BCUT2D eigenvalue weighted by Gasteiger charge is 2.25. The number of nitrogens with zero attached hydrogens (tertiary/aromatic N) is 3. The fraction of sp³-hybridized carbons (Fsp3) is 0.400. The number of aromatic nitrogens is 2. The number of halogens is 1. The number of allylic oxidation sites excluding steroid dienone is 5. The lowest BCUT2D eigenvalue weighted by Gasteiger charge is -2.29.